The van der Waals surface area contributed by atoms with Crippen LogP contribution in [0.25, 0.3) is 0 Å². The van der Waals surface area contributed by atoms with Crippen LogP contribution < -0.4 is 0 Å². The van der Waals surface area contributed by atoms with Gasteiger partial charge >= 0.3 is 0 Å². The van der Waals surface area contributed by atoms with Gasteiger partial charge in [0.25, 0.3) is 0 Å². The number of rotatable bonds is 14. The maximum atomic E-state index is 5.47. The van der Waals surface area contributed by atoms with E-state index in [0.29, 0.717) is 6.10 Å². The highest BCUT2D eigenvalue weighted by Gasteiger charge is 2.08. The molecule has 0 aromatic rings. The molecule has 0 aromatic carbocycles. The molecule has 0 fully saturated rings. The fourth-order valence-electron chi connectivity index (χ4n) is 2.12. The SMILES string of the molecule is CCCCCCCCCC(CCC)OOCCC. The Morgan fingerprint density at radius 2 is 1.33 bits per heavy atom. The Kier molecular flexibility index (Phi) is 14.9. The van der Waals surface area contributed by atoms with Gasteiger partial charge < -0.3 is 0 Å². The monoisotopic (exact) mass is 258 g/mol. The van der Waals surface area contributed by atoms with Crippen LogP contribution in [0.2, 0.25) is 0 Å². The van der Waals surface area contributed by atoms with E-state index in [4.69, 9.17) is 9.78 Å². The van der Waals surface area contributed by atoms with E-state index in [0.717, 1.165) is 25.9 Å². The van der Waals surface area contributed by atoms with Crippen LogP contribution in [-0.2, 0) is 9.78 Å². The molecule has 0 aliphatic rings. The van der Waals surface area contributed by atoms with Gasteiger partial charge in [0.2, 0.25) is 0 Å². The quantitative estimate of drug-likeness (QED) is 0.227. The highest BCUT2D eigenvalue weighted by molar-refractivity contribution is 4.56. The molecule has 0 spiro atoms. The van der Waals surface area contributed by atoms with Crippen molar-refractivity contribution in [3.63, 3.8) is 0 Å². The van der Waals surface area contributed by atoms with E-state index >= 15 is 0 Å². The van der Waals surface area contributed by atoms with E-state index in [1.807, 2.05) is 0 Å². The molecule has 2 nitrogen and oxygen atoms in total. The molecule has 0 amide bonds. The molecule has 2 heteroatoms. The number of unbranched alkanes of at least 4 members (excludes halogenated alkanes) is 6. The largest absolute Gasteiger partial charge is 0.236 e. The standard InChI is InChI=1S/C16H34O2/c1-4-7-8-9-10-11-12-14-16(13-5-2)18-17-15-6-3/h16H,4-15H2,1-3H3. The van der Waals surface area contributed by atoms with Crippen molar-refractivity contribution in [1.82, 2.24) is 0 Å². The van der Waals surface area contributed by atoms with E-state index < -0.39 is 0 Å². The summed E-state index contributed by atoms with van der Waals surface area (Å²) < 4.78 is 0. The minimum Gasteiger partial charge on any atom is -0.236 e. The van der Waals surface area contributed by atoms with Gasteiger partial charge in [0, 0.05) is 0 Å². The lowest BCUT2D eigenvalue weighted by atomic mass is 10.0. The van der Waals surface area contributed by atoms with Crippen LogP contribution in [0.3, 0.4) is 0 Å². The summed E-state index contributed by atoms with van der Waals surface area (Å²) in [7, 11) is 0. The Morgan fingerprint density at radius 1 is 0.667 bits per heavy atom. The third-order valence-electron chi connectivity index (χ3n) is 3.23. The first-order valence-electron chi connectivity index (χ1n) is 8.13. The van der Waals surface area contributed by atoms with E-state index in [2.05, 4.69) is 20.8 Å². The zero-order chi connectivity index (χ0) is 13.5. The lowest BCUT2D eigenvalue weighted by Crippen LogP contribution is -2.13. The molecule has 0 bridgehead atoms. The molecule has 0 rings (SSSR count). The first-order valence-corrected chi connectivity index (χ1v) is 8.13. The zero-order valence-corrected chi connectivity index (χ0v) is 12.9. The molecular formula is C16H34O2. The third-order valence-corrected chi connectivity index (χ3v) is 3.23. The van der Waals surface area contributed by atoms with Gasteiger partial charge in [-0.3, -0.25) is 0 Å². The van der Waals surface area contributed by atoms with Crippen LogP contribution in [0.4, 0.5) is 0 Å². The highest BCUT2D eigenvalue weighted by atomic mass is 17.2. The predicted octanol–water partition coefficient (Wildman–Crippen LogP) is 5.65. The average Bonchev–Trinajstić information content (AvgIpc) is 2.38. The van der Waals surface area contributed by atoms with Crippen LogP contribution in [-0.4, -0.2) is 12.7 Å². The molecule has 0 saturated carbocycles. The lowest BCUT2D eigenvalue weighted by molar-refractivity contribution is -0.326. The van der Waals surface area contributed by atoms with Gasteiger partial charge in [-0.05, 0) is 19.3 Å². The van der Waals surface area contributed by atoms with Crippen LogP contribution >= 0.6 is 0 Å². The summed E-state index contributed by atoms with van der Waals surface area (Å²) >= 11 is 0. The van der Waals surface area contributed by atoms with Crippen LogP contribution in [0.1, 0.15) is 91.4 Å². The fraction of sp³-hybridized carbons (Fsp3) is 1.00. The zero-order valence-electron chi connectivity index (χ0n) is 12.9. The molecule has 0 aliphatic carbocycles. The molecule has 0 heterocycles. The molecule has 0 aliphatic heterocycles. The summed E-state index contributed by atoms with van der Waals surface area (Å²) in [5.41, 5.74) is 0. The summed E-state index contributed by atoms with van der Waals surface area (Å²) in [5.74, 6) is 0. The van der Waals surface area contributed by atoms with Gasteiger partial charge in [0.15, 0.2) is 0 Å². The smallest absolute Gasteiger partial charge is 0.0929 e. The molecule has 0 saturated heterocycles. The van der Waals surface area contributed by atoms with Crippen molar-refractivity contribution in [2.45, 2.75) is 97.5 Å². The second-order valence-electron chi connectivity index (χ2n) is 5.24. The van der Waals surface area contributed by atoms with E-state index in [-0.39, 0.29) is 0 Å². The molecule has 110 valence electrons. The van der Waals surface area contributed by atoms with E-state index in [1.165, 1.54) is 51.4 Å². The first-order chi connectivity index (χ1) is 8.85. The van der Waals surface area contributed by atoms with Crippen LogP contribution in [0.5, 0.6) is 0 Å². The molecule has 0 radical (unpaired) electrons. The maximum absolute atomic E-state index is 5.47. The summed E-state index contributed by atoms with van der Waals surface area (Å²) in [6.45, 7) is 7.30. The number of hydrogen-bond acceptors (Lipinski definition) is 2. The van der Waals surface area contributed by atoms with Gasteiger partial charge in [-0.1, -0.05) is 72.1 Å². The van der Waals surface area contributed by atoms with Crippen molar-refractivity contribution in [1.29, 1.82) is 0 Å². The van der Waals surface area contributed by atoms with Crippen molar-refractivity contribution in [2.24, 2.45) is 0 Å². The second-order valence-corrected chi connectivity index (χ2v) is 5.24. The van der Waals surface area contributed by atoms with Crippen molar-refractivity contribution in [2.75, 3.05) is 6.61 Å². The van der Waals surface area contributed by atoms with Crippen molar-refractivity contribution < 1.29 is 9.78 Å². The molecule has 18 heavy (non-hydrogen) atoms. The Hall–Kier alpha value is -0.0800. The topological polar surface area (TPSA) is 18.5 Å². The van der Waals surface area contributed by atoms with Gasteiger partial charge in [-0.25, -0.2) is 9.78 Å². The average molecular weight is 258 g/mol. The molecular weight excluding hydrogens is 224 g/mol. The van der Waals surface area contributed by atoms with Gasteiger partial charge in [0.05, 0.1) is 12.7 Å². The van der Waals surface area contributed by atoms with Crippen molar-refractivity contribution >= 4 is 0 Å². The minimum atomic E-state index is 0.317. The van der Waals surface area contributed by atoms with Crippen molar-refractivity contribution in [3.05, 3.63) is 0 Å². The third kappa shape index (κ3) is 12.4. The summed E-state index contributed by atoms with van der Waals surface area (Å²) in [5, 5.41) is 0. The van der Waals surface area contributed by atoms with Crippen LogP contribution in [0.15, 0.2) is 0 Å². The van der Waals surface area contributed by atoms with Gasteiger partial charge in [-0.2, -0.15) is 0 Å². The minimum absolute atomic E-state index is 0.317. The Bertz CT molecular complexity index is 148. The summed E-state index contributed by atoms with van der Waals surface area (Å²) in [6.07, 6.45) is 14.4. The normalized spacial score (nSPS) is 12.8. The van der Waals surface area contributed by atoms with Crippen LogP contribution in [0, 0.1) is 0 Å². The lowest BCUT2D eigenvalue weighted by Gasteiger charge is -2.15. The summed E-state index contributed by atoms with van der Waals surface area (Å²) in [6, 6.07) is 0. The molecule has 1 unspecified atom stereocenters. The molecule has 1 atom stereocenters. The Morgan fingerprint density at radius 3 is 1.94 bits per heavy atom. The molecule has 0 aromatic heterocycles. The predicted molar refractivity (Wildman–Crippen MR) is 78.6 cm³/mol. The highest BCUT2D eigenvalue weighted by Crippen LogP contribution is 2.14. The van der Waals surface area contributed by atoms with Gasteiger partial charge in [-0.15, -0.1) is 0 Å². The van der Waals surface area contributed by atoms with Crippen molar-refractivity contribution in [3.8, 4) is 0 Å². The Labute approximate surface area is 114 Å². The molecule has 0 N–H and O–H groups in total. The number of hydrogen-bond donors (Lipinski definition) is 0. The fourth-order valence-corrected chi connectivity index (χ4v) is 2.12. The second kappa shape index (κ2) is 15.0. The summed E-state index contributed by atoms with van der Waals surface area (Å²) in [4.78, 5) is 10.7. The van der Waals surface area contributed by atoms with Gasteiger partial charge in [0.1, 0.15) is 0 Å². The Balaban J connectivity index is 3.39. The van der Waals surface area contributed by atoms with E-state index in [9.17, 15) is 0 Å². The first kappa shape index (κ1) is 17.9. The van der Waals surface area contributed by atoms with E-state index in [1.54, 1.807) is 0 Å². The maximum Gasteiger partial charge on any atom is 0.0929 e.